The summed E-state index contributed by atoms with van der Waals surface area (Å²) in [5.41, 5.74) is 2.72. The number of ether oxygens (including phenoxy) is 2. The summed E-state index contributed by atoms with van der Waals surface area (Å²) in [6.07, 6.45) is 2.12. The lowest BCUT2D eigenvalue weighted by Gasteiger charge is -2.11. The number of rotatable bonds is 9. The van der Waals surface area contributed by atoms with Crippen molar-refractivity contribution in [2.45, 2.75) is 19.6 Å². The number of aromatic nitrogens is 3. The quantitative estimate of drug-likeness (QED) is 0.563. The topological polar surface area (TPSA) is 102 Å². The maximum Gasteiger partial charge on any atom is 0.387 e. The summed E-state index contributed by atoms with van der Waals surface area (Å²) in [4.78, 5) is 12.2. The van der Waals surface area contributed by atoms with Crippen LogP contribution in [-0.2, 0) is 17.8 Å². The van der Waals surface area contributed by atoms with Gasteiger partial charge in [-0.05, 0) is 36.2 Å². The summed E-state index contributed by atoms with van der Waals surface area (Å²) >= 11 is 0. The fourth-order valence-corrected chi connectivity index (χ4v) is 2.83. The minimum atomic E-state index is -2.94. The zero-order chi connectivity index (χ0) is 22.2. The van der Waals surface area contributed by atoms with Crippen LogP contribution in [0.5, 0.6) is 11.5 Å². The molecule has 3 rings (SSSR count). The Morgan fingerprint density at radius 2 is 2.00 bits per heavy atom. The third kappa shape index (κ3) is 5.99. The summed E-state index contributed by atoms with van der Waals surface area (Å²) in [6, 6.07) is 13.6. The molecule has 0 saturated heterocycles. The molecule has 0 aliphatic heterocycles. The highest BCUT2D eigenvalue weighted by Gasteiger charge is 2.12. The average molecular weight is 427 g/mol. The van der Waals surface area contributed by atoms with E-state index < -0.39 is 6.61 Å². The van der Waals surface area contributed by atoms with Crippen molar-refractivity contribution in [2.75, 3.05) is 13.7 Å². The summed E-state index contributed by atoms with van der Waals surface area (Å²) in [5, 5.41) is 19.6. The molecule has 8 nitrogen and oxygen atoms in total. The van der Waals surface area contributed by atoms with Gasteiger partial charge in [0.05, 0.1) is 24.9 Å². The molecule has 1 heterocycles. The van der Waals surface area contributed by atoms with Crippen molar-refractivity contribution in [3.63, 3.8) is 0 Å². The number of halogens is 2. The Balaban J connectivity index is 1.50. The molecule has 1 aromatic heterocycles. The molecule has 3 aromatic rings. The molecule has 0 atom stereocenters. The standard InChI is InChI=1S/C21H19F2N5O3/c1-30-19-10-14(4-7-18(19)31-21(22)23)8-9-25-20(29)13-28-12-17(26-27-28)16-5-2-15(11-24)3-6-16/h2-7,10,12,21H,8-9,13H2,1H3,(H,25,29). The number of hydrogen-bond donors (Lipinski definition) is 1. The molecule has 1 N–H and O–H groups in total. The number of benzene rings is 2. The molecule has 0 fully saturated rings. The Morgan fingerprint density at radius 3 is 2.68 bits per heavy atom. The van der Waals surface area contributed by atoms with E-state index in [0.29, 0.717) is 24.2 Å². The van der Waals surface area contributed by atoms with Crippen molar-refractivity contribution < 1.29 is 23.0 Å². The first kappa shape index (κ1) is 21.7. The maximum absolute atomic E-state index is 12.4. The molecule has 10 heteroatoms. The first-order chi connectivity index (χ1) is 15.0. The van der Waals surface area contributed by atoms with Gasteiger partial charge in [0.1, 0.15) is 12.2 Å². The van der Waals surface area contributed by atoms with Gasteiger partial charge in [-0.3, -0.25) is 4.79 Å². The number of alkyl halides is 2. The molecule has 1 amide bonds. The second-order valence-electron chi connectivity index (χ2n) is 6.45. The highest BCUT2D eigenvalue weighted by Crippen LogP contribution is 2.29. The van der Waals surface area contributed by atoms with E-state index in [4.69, 9.17) is 10.00 Å². The summed E-state index contributed by atoms with van der Waals surface area (Å²) in [5.74, 6) is -0.0995. The molecular weight excluding hydrogens is 408 g/mol. The minimum absolute atomic E-state index is 0.00618. The Kier molecular flexibility index (Phi) is 7.11. The van der Waals surface area contributed by atoms with Crippen LogP contribution in [0.2, 0.25) is 0 Å². The molecular formula is C21H19F2N5O3. The smallest absolute Gasteiger partial charge is 0.387 e. The maximum atomic E-state index is 12.4. The first-order valence-electron chi connectivity index (χ1n) is 9.27. The van der Waals surface area contributed by atoms with Crippen LogP contribution >= 0.6 is 0 Å². The molecule has 0 radical (unpaired) electrons. The van der Waals surface area contributed by atoms with E-state index in [-0.39, 0.29) is 24.0 Å². The van der Waals surface area contributed by atoms with Crippen molar-refractivity contribution in [1.29, 1.82) is 5.26 Å². The highest BCUT2D eigenvalue weighted by atomic mass is 19.3. The largest absolute Gasteiger partial charge is 0.493 e. The van der Waals surface area contributed by atoms with Crippen LogP contribution in [-0.4, -0.2) is 41.2 Å². The summed E-state index contributed by atoms with van der Waals surface area (Å²) in [7, 11) is 1.36. The third-order valence-electron chi connectivity index (χ3n) is 4.33. The second kappa shape index (κ2) is 10.2. The lowest BCUT2D eigenvalue weighted by Crippen LogP contribution is -2.29. The number of hydrogen-bond acceptors (Lipinski definition) is 6. The average Bonchev–Trinajstić information content (AvgIpc) is 3.22. The normalized spacial score (nSPS) is 10.5. The molecule has 31 heavy (non-hydrogen) atoms. The van der Waals surface area contributed by atoms with Gasteiger partial charge in [-0.1, -0.05) is 23.4 Å². The van der Waals surface area contributed by atoms with Crippen LogP contribution in [0.4, 0.5) is 8.78 Å². The number of nitrogens with zero attached hydrogens (tertiary/aromatic N) is 4. The highest BCUT2D eigenvalue weighted by molar-refractivity contribution is 5.75. The van der Waals surface area contributed by atoms with Gasteiger partial charge in [-0.2, -0.15) is 14.0 Å². The lowest BCUT2D eigenvalue weighted by molar-refractivity contribution is -0.121. The van der Waals surface area contributed by atoms with Crippen LogP contribution in [0.15, 0.2) is 48.7 Å². The molecule has 160 valence electrons. The second-order valence-corrected chi connectivity index (χ2v) is 6.45. The van der Waals surface area contributed by atoms with Crippen LogP contribution in [0.3, 0.4) is 0 Å². The Hall–Kier alpha value is -4.00. The van der Waals surface area contributed by atoms with Gasteiger partial charge in [-0.25, -0.2) is 4.68 Å². The zero-order valence-electron chi connectivity index (χ0n) is 16.6. The van der Waals surface area contributed by atoms with Crippen LogP contribution in [0.25, 0.3) is 11.3 Å². The van der Waals surface area contributed by atoms with Gasteiger partial charge in [0.15, 0.2) is 11.5 Å². The van der Waals surface area contributed by atoms with Gasteiger partial charge in [0.25, 0.3) is 0 Å². The lowest BCUT2D eigenvalue weighted by atomic mass is 10.1. The number of carbonyl (C=O) groups is 1. The number of carbonyl (C=O) groups excluding carboxylic acids is 1. The van der Waals surface area contributed by atoms with Gasteiger partial charge < -0.3 is 14.8 Å². The molecule has 0 saturated carbocycles. The number of nitriles is 1. The molecule has 0 aliphatic rings. The molecule has 0 bridgehead atoms. The van der Waals surface area contributed by atoms with Crippen molar-refractivity contribution in [3.05, 3.63) is 59.8 Å². The number of methoxy groups -OCH3 is 1. The van der Waals surface area contributed by atoms with Crippen LogP contribution in [0.1, 0.15) is 11.1 Å². The van der Waals surface area contributed by atoms with Gasteiger partial charge in [-0.15, -0.1) is 5.10 Å². The monoisotopic (exact) mass is 427 g/mol. The van der Waals surface area contributed by atoms with E-state index in [1.165, 1.54) is 17.9 Å². The van der Waals surface area contributed by atoms with Crippen molar-refractivity contribution in [3.8, 4) is 28.8 Å². The van der Waals surface area contributed by atoms with E-state index in [1.54, 1.807) is 42.6 Å². The SMILES string of the molecule is COc1cc(CCNC(=O)Cn2cc(-c3ccc(C#N)cc3)nn2)ccc1OC(F)F. The van der Waals surface area contributed by atoms with E-state index in [0.717, 1.165) is 11.1 Å². The molecule has 2 aromatic carbocycles. The zero-order valence-corrected chi connectivity index (χ0v) is 16.6. The summed E-state index contributed by atoms with van der Waals surface area (Å²) in [6.45, 7) is -2.60. The predicted molar refractivity (Wildman–Crippen MR) is 107 cm³/mol. The molecule has 0 unspecified atom stereocenters. The van der Waals surface area contributed by atoms with Crippen molar-refractivity contribution >= 4 is 5.91 Å². The van der Waals surface area contributed by atoms with E-state index in [2.05, 4.69) is 20.4 Å². The molecule has 0 spiro atoms. The van der Waals surface area contributed by atoms with E-state index in [1.807, 2.05) is 6.07 Å². The fourth-order valence-electron chi connectivity index (χ4n) is 2.83. The fraction of sp³-hybridized carbons (Fsp3) is 0.238. The van der Waals surface area contributed by atoms with Gasteiger partial charge in [0.2, 0.25) is 5.91 Å². The Bertz CT molecular complexity index is 1080. The van der Waals surface area contributed by atoms with Crippen molar-refractivity contribution in [2.24, 2.45) is 0 Å². The minimum Gasteiger partial charge on any atom is -0.493 e. The predicted octanol–water partition coefficient (Wildman–Crippen LogP) is 2.79. The van der Waals surface area contributed by atoms with Crippen LogP contribution < -0.4 is 14.8 Å². The Morgan fingerprint density at radius 1 is 1.23 bits per heavy atom. The Labute approximate surface area is 177 Å². The summed E-state index contributed by atoms with van der Waals surface area (Å²) < 4.78 is 35.6. The van der Waals surface area contributed by atoms with Crippen molar-refractivity contribution in [1.82, 2.24) is 20.3 Å². The third-order valence-corrected chi connectivity index (χ3v) is 4.33. The van der Waals surface area contributed by atoms with E-state index >= 15 is 0 Å². The van der Waals surface area contributed by atoms with Gasteiger partial charge in [0, 0.05) is 12.1 Å². The first-order valence-corrected chi connectivity index (χ1v) is 9.27. The number of amides is 1. The number of nitrogens with one attached hydrogen (secondary N) is 1. The molecule has 0 aliphatic carbocycles. The van der Waals surface area contributed by atoms with E-state index in [9.17, 15) is 13.6 Å². The van der Waals surface area contributed by atoms with Gasteiger partial charge >= 0.3 is 6.61 Å². The van der Waals surface area contributed by atoms with Crippen LogP contribution in [0, 0.1) is 11.3 Å².